The van der Waals surface area contributed by atoms with Crippen LogP contribution in [0.1, 0.15) is 30.8 Å². The SMILES string of the molecule is CCOC(CC)C(=O)c1c(Br)cnn1CCOC. The Labute approximate surface area is 116 Å². The van der Waals surface area contributed by atoms with Gasteiger partial charge in [0.2, 0.25) is 5.78 Å². The van der Waals surface area contributed by atoms with Crippen molar-refractivity contribution in [3.63, 3.8) is 0 Å². The van der Waals surface area contributed by atoms with E-state index in [9.17, 15) is 4.79 Å². The molecule has 0 N–H and O–H groups in total. The number of aromatic nitrogens is 2. The minimum atomic E-state index is -0.413. The van der Waals surface area contributed by atoms with Gasteiger partial charge in [-0.2, -0.15) is 5.10 Å². The van der Waals surface area contributed by atoms with Crippen LogP contribution in [0.15, 0.2) is 10.7 Å². The third kappa shape index (κ3) is 3.63. The minimum Gasteiger partial charge on any atom is -0.383 e. The molecule has 1 atom stereocenters. The zero-order valence-corrected chi connectivity index (χ0v) is 12.6. The number of rotatable bonds is 8. The number of carbonyl (C=O) groups is 1. The van der Waals surface area contributed by atoms with Gasteiger partial charge in [0.1, 0.15) is 11.8 Å². The van der Waals surface area contributed by atoms with E-state index in [1.165, 1.54) is 0 Å². The maximum Gasteiger partial charge on any atom is 0.210 e. The van der Waals surface area contributed by atoms with Crippen molar-refractivity contribution in [3.05, 3.63) is 16.4 Å². The van der Waals surface area contributed by atoms with E-state index in [0.717, 1.165) is 0 Å². The number of hydrogen-bond donors (Lipinski definition) is 0. The molecule has 0 amide bonds. The molecule has 1 rings (SSSR count). The summed E-state index contributed by atoms with van der Waals surface area (Å²) in [7, 11) is 1.62. The smallest absolute Gasteiger partial charge is 0.210 e. The third-order valence-corrected chi connectivity index (χ3v) is 3.15. The molecule has 102 valence electrons. The van der Waals surface area contributed by atoms with Gasteiger partial charge in [0.15, 0.2) is 0 Å². The Hall–Kier alpha value is -0.720. The summed E-state index contributed by atoms with van der Waals surface area (Å²) in [6.45, 7) is 5.40. The lowest BCUT2D eigenvalue weighted by atomic mass is 10.1. The predicted molar refractivity (Wildman–Crippen MR) is 71.8 cm³/mol. The number of ketones is 1. The van der Waals surface area contributed by atoms with E-state index in [0.29, 0.717) is 36.3 Å². The van der Waals surface area contributed by atoms with Crippen molar-refractivity contribution in [3.8, 4) is 0 Å². The first-order valence-electron chi connectivity index (χ1n) is 6.01. The van der Waals surface area contributed by atoms with Crippen LogP contribution in [0.4, 0.5) is 0 Å². The van der Waals surface area contributed by atoms with Gasteiger partial charge in [-0.3, -0.25) is 9.48 Å². The Balaban J connectivity index is 2.92. The van der Waals surface area contributed by atoms with Gasteiger partial charge in [-0.15, -0.1) is 0 Å². The van der Waals surface area contributed by atoms with E-state index in [1.54, 1.807) is 18.0 Å². The number of nitrogens with zero attached hydrogens (tertiary/aromatic N) is 2. The Morgan fingerprint density at radius 3 is 2.83 bits per heavy atom. The van der Waals surface area contributed by atoms with Gasteiger partial charge in [0.25, 0.3) is 0 Å². The van der Waals surface area contributed by atoms with Crippen LogP contribution >= 0.6 is 15.9 Å². The van der Waals surface area contributed by atoms with Crippen molar-refractivity contribution in [2.75, 3.05) is 20.3 Å². The zero-order valence-electron chi connectivity index (χ0n) is 11.0. The fourth-order valence-electron chi connectivity index (χ4n) is 1.69. The molecular weight excluding hydrogens is 300 g/mol. The summed E-state index contributed by atoms with van der Waals surface area (Å²) in [4.78, 5) is 12.4. The summed E-state index contributed by atoms with van der Waals surface area (Å²) >= 11 is 3.36. The molecule has 1 unspecified atom stereocenters. The van der Waals surface area contributed by atoms with Crippen LogP contribution < -0.4 is 0 Å². The number of methoxy groups -OCH3 is 1. The quantitative estimate of drug-likeness (QED) is 0.690. The lowest BCUT2D eigenvalue weighted by molar-refractivity contribution is 0.0431. The standard InChI is InChI=1S/C12H19BrN2O3/c1-4-10(18-5-2)12(16)11-9(13)8-14-15(11)6-7-17-3/h8,10H,4-7H2,1-3H3. The molecule has 1 heterocycles. The summed E-state index contributed by atoms with van der Waals surface area (Å²) in [6, 6.07) is 0. The Morgan fingerprint density at radius 1 is 1.56 bits per heavy atom. The van der Waals surface area contributed by atoms with Crippen molar-refractivity contribution >= 4 is 21.7 Å². The first-order valence-corrected chi connectivity index (χ1v) is 6.81. The molecule has 1 aromatic heterocycles. The number of hydrogen-bond acceptors (Lipinski definition) is 4. The average Bonchev–Trinajstić information content (AvgIpc) is 2.73. The maximum absolute atomic E-state index is 12.4. The van der Waals surface area contributed by atoms with E-state index < -0.39 is 6.10 Å². The van der Waals surface area contributed by atoms with Gasteiger partial charge in [0.05, 0.1) is 23.8 Å². The van der Waals surface area contributed by atoms with Crippen molar-refractivity contribution in [2.24, 2.45) is 0 Å². The lowest BCUT2D eigenvalue weighted by Crippen LogP contribution is -2.27. The van der Waals surface area contributed by atoms with Crippen molar-refractivity contribution in [1.29, 1.82) is 0 Å². The molecule has 0 radical (unpaired) electrons. The molecule has 0 saturated heterocycles. The first-order chi connectivity index (χ1) is 8.65. The van der Waals surface area contributed by atoms with Gasteiger partial charge >= 0.3 is 0 Å². The van der Waals surface area contributed by atoms with Gasteiger partial charge in [-0.1, -0.05) is 6.92 Å². The molecule has 5 nitrogen and oxygen atoms in total. The van der Waals surface area contributed by atoms with Crippen LogP contribution in [0.5, 0.6) is 0 Å². The molecule has 1 aromatic rings. The van der Waals surface area contributed by atoms with Crippen LogP contribution in [-0.4, -0.2) is 42.0 Å². The van der Waals surface area contributed by atoms with Gasteiger partial charge in [-0.05, 0) is 29.3 Å². The second kappa shape index (κ2) is 7.66. The number of Topliss-reactive ketones (excluding diaryl/α,β-unsaturated/α-hetero) is 1. The van der Waals surface area contributed by atoms with E-state index >= 15 is 0 Å². The first kappa shape index (κ1) is 15.3. The molecule has 0 saturated carbocycles. The highest BCUT2D eigenvalue weighted by molar-refractivity contribution is 9.10. The van der Waals surface area contributed by atoms with Crippen molar-refractivity contribution < 1.29 is 14.3 Å². The summed E-state index contributed by atoms with van der Waals surface area (Å²) in [5.74, 6) is -0.0418. The van der Waals surface area contributed by atoms with Crippen LogP contribution in [0.25, 0.3) is 0 Å². The molecule has 0 aromatic carbocycles. The number of halogens is 1. The summed E-state index contributed by atoms with van der Waals surface area (Å²) < 4.78 is 12.8. The van der Waals surface area contributed by atoms with E-state index in [2.05, 4.69) is 21.0 Å². The van der Waals surface area contributed by atoms with Crippen LogP contribution in [-0.2, 0) is 16.0 Å². The largest absolute Gasteiger partial charge is 0.383 e. The number of ether oxygens (including phenoxy) is 2. The third-order valence-electron chi connectivity index (χ3n) is 2.57. The second-order valence-corrected chi connectivity index (χ2v) is 4.63. The van der Waals surface area contributed by atoms with Crippen LogP contribution in [0, 0.1) is 0 Å². The second-order valence-electron chi connectivity index (χ2n) is 3.77. The Kier molecular flexibility index (Phi) is 6.52. The summed E-state index contributed by atoms with van der Waals surface area (Å²) in [5.41, 5.74) is 0.548. The molecule has 0 aliphatic rings. The van der Waals surface area contributed by atoms with E-state index in [4.69, 9.17) is 9.47 Å². The molecule has 0 spiro atoms. The molecule has 0 aliphatic heterocycles. The normalized spacial score (nSPS) is 12.7. The van der Waals surface area contributed by atoms with E-state index in [1.807, 2.05) is 13.8 Å². The van der Waals surface area contributed by atoms with Gasteiger partial charge < -0.3 is 9.47 Å². The predicted octanol–water partition coefficient (Wildman–Crippen LogP) is 2.29. The molecule has 0 aliphatic carbocycles. The highest BCUT2D eigenvalue weighted by Gasteiger charge is 2.24. The van der Waals surface area contributed by atoms with E-state index in [-0.39, 0.29) is 5.78 Å². The summed E-state index contributed by atoms with van der Waals surface area (Å²) in [5, 5.41) is 4.16. The Morgan fingerprint density at radius 2 is 2.28 bits per heavy atom. The fourth-order valence-corrected chi connectivity index (χ4v) is 2.18. The Bertz CT molecular complexity index is 393. The zero-order chi connectivity index (χ0) is 13.5. The highest BCUT2D eigenvalue weighted by Crippen LogP contribution is 2.19. The minimum absolute atomic E-state index is 0.0418. The monoisotopic (exact) mass is 318 g/mol. The topological polar surface area (TPSA) is 53.3 Å². The molecule has 0 fully saturated rings. The maximum atomic E-state index is 12.4. The molecule has 6 heteroatoms. The van der Waals surface area contributed by atoms with Crippen LogP contribution in [0.3, 0.4) is 0 Å². The van der Waals surface area contributed by atoms with Gasteiger partial charge in [-0.25, -0.2) is 0 Å². The fraction of sp³-hybridized carbons (Fsp3) is 0.667. The van der Waals surface area contributed by atoms with Crippen molar-refractivity contribution in [2.45, 2.75) is 32.9 Å². The molecule has 18 heavy (non-hydrogen) atoms. The van der Waals surface area contributed by atoms with Crippen molar-refractivity contribution in [1.82, 2.24) is 9.78 Å². The molecule has 0 bridgehead atoms. The number of carbonyl (C=O) groups excluding carboxylic acids is 1. The average molecular weight is 319 g/mol. The lowest BCUT2D eigenvalue weighted by Gasteiger charge is -2.15. The molecular formula is C12H19BrN2O3. The van der Waals surface area contributed by atoms with Crippen LogP contribution in [0.2, 0.25) is 0 Å². The highest BCUT2D eigenvalue weighted by atomic mass is 79.9. The van der Waals surface area contributed by atoms with Gasteiger partial charge in [0, 0.05) is 13.7 Å². The summed E-state index contributed by atoms with van der Waals surface area (Å²) in [6.07, 6.45) is 1.86.